The number of fused-ring (bicyclic) bond motifs is 2. The summed E-state index contributed by atoms with van der Waals surface area (Å²) in [5, 5.41) is 4.06. The minimum absolute atomic E-state index is 0.0703. The van der Waals surface area contributed by atoms with E-state index in [1.807, 2.05) is 18.2 Å². The number of halogens is 3. The lowest BCUT2D eigenvalue weighted by molar-refractivity contribution is -0.166. The van der Waals surface area contributed by atoms with Crippen molar-refractivity contribution in [3.63, 3.8) is 0 Å². The molecule has 0 aromatic heterocycles. The van der Waals surface area contributed by atoms with E-state index in [0.717, 1.165) is 28.7 Å². The molecule has 33 heavy (non-hydrogen) atoms. The van der Waals surface area contributed by atoms with Crippen molar-refractivity contribution in [2.24, 2.45) is 5.16 Å². The van der Waals surface area contributed by atoms with Gasteiger partial charge >= 0.3 is 0 Å². The van der Waals surface area contributed by atoms with Gasteiger partial charge in [-0.05, 0) is 40.5 Å². The first-order chi connectivity index (χ1) is 15.5. The quantitative estimate of drug-likeness (QED) is 0.584. The summed E-state index contributed by atoms with van der Waals surface area (Å²) in [6, 6.07) is 8.84. The Morgan fingerprint density at radius 2 is 1.94 bits per heavy atom. The van der Waals surface area contributed by atoms with Gasteiger partial charge in [0.2, 0.25) is 5.91 Å². The van der Waals surface area contributed by atoms with Crippen LogP contribution in [0.25, 0.3) is 0 Å². The van der Waals surface area contributed by atoms with Crippen molar-refractivity contribution in [2.75, 3.05) is 25.1 Å². The molecule has 1 saturated heterocycles. The molecule has 7 nitrogen and oxygen atoms in total. The first-order valence-corrected chi connectivity index (χ1v) is 13.0. The van der Waals surface area contributed by atoms with Crippen molar-refractivity contribution in [1.29, 1.82) is 0 Å². The van der Waals surface area contributed by atoms with E-state index >= 15 is 0 Å². The van der Waals surface area contributed by atoms with E-state index in [9.17, 15) is 17.6 Å². The molecule has 1 spiro atoms. The van der Waals surface area contributed by atoms with E-state index in [4.69, 9.17) is 32.8 Å². The molecule has 0 aliphatic carbocycles. The van der Waals surface area contributed by atoms with Crippen molar-refractivity contribution in [1.82, 2.24) is 4.90 Å². The zero-order chi connectivity index (χ0) is 23.5. The zero-order valence-corrected chi connectivity index (χ0v) is 19.8. The number of hydrogen-bond donors (Lipinski definition) is 0. The summed E-state index contributed by atoms with van der Waals surface area (Å²) >= 11 is 11.8. The highest BCUT2D eigenvalue weighted by molar-refractivity contribution is 7.91. The summed E-state index contributed by atoms with van der Waals surface area (Å²) in [6.07, 6.45) is 1.09. The van der Waals surface area contributed by atoms with E-state index in [-0.39, 0.29) is 10.0 Å². The summed E-state index contributed by atoms with van der Waals surface area (Å²) in [7, 11) is -3.38. The minimum Gasteiger partial charge on any atom is -0.387 e. The van der Waals surface area contributed by atoms with Crippen molar-refractivity contribution in [2.45, 2.75) is 24.7 Å². The average molecular weight is 513 g/mol. The molecule has 2 aromatic carbocycles. The van der Waals surface area contributed by atoms with Gasteiger partial charge in [-0.1, -0.05) is 40.5 Å². The second-order valence-electron chi connectivity index (χ2n) is 8.61. The van der Waals surface area contributed by atoms with E-state index < -0.39 is 39.0 Å². The maximum Gasteiger partial charge on any atom is 0.237 e. The number of rotatable bonds is 4. The van der Waals surface area contributed by atoms with E-state index in [2.05, 4.69) is 5.16 Å². The molecule has 1 amide bonds. The van der Waals surface area contributed by atoms with Gasteiger partial charge in [0, 0.05) is 12.7 Å². The molecule has 0 radical (unpaired) electrons. The lowest BCUT2D eigenvalue weighted by Gasteiger charge is -2.47. The minimum atomic E-state index is -3.38. The molecule has 0 bridgehead atoms. The maximum absolute atomic E-state index is 13.7. The topological polar surface area (TPSA) is 85.3 Å². The van der Waals surface area contributed by atoms with Gasteiger partial charge in [-0.25, -0.2) is 12.8 Å². The van der Waals surface area contributed by atoms with E-state index in [1.165, 1.54) is 17.0 Å². The van der Waals surface area contributed by atoms with Crippen LogP contribution in [0.1, 0.15) is 34.8 Å². The Kier molecular flexibility index (Phi) is 5.43. The Morgan fingerprint density at radius 3 is 2.61 bits per heavy atom. The molecule has 2 aromatic rings. The van der Waals surface area contributed by atoms with Crippen LogP contribution in [-0.4, -0.2) is 50.0 Å². The molecule has 3 aliphatic heterocycles. The molecule has 174 valence electrons. The molecule has 11 heteroatoms. The molecule has 1 atom stereocenters. The highest BCUT2D eigenvalue weighted by Gasteiger charge is 2.51. The molecule has 3 aliphatic rings. The van der Waals surface area contributed by atoms with Crippen LogP contribution in [0.2, 0.25) is 10.0 Å². The normalized spacial score (nSPS) is 20.9. The number of amides is 1. The fraction of sp³-hybridized carbons (Fsp3) is 0.364. The van der Waals surface area contributed by atoms with Crippen molar-refractivity contribution >= 4 is 44.7 Å². The van der Waals surface area contributed by atoms with Crippen molar-refractivity contribution < 1.29 is 27.2 Å². The van der Waals surface area contributed by atoms with Crippen LogP contribution in [-0.2, 0) is 36.4 Å². The number of ether oxygens (including phenoxy) is 1. The molecule has 1 unspecified atom stereocenters. The van der Waals surface area contributed by atoms with E-state index in [0.29, 0.717) is 31.7 Å². The van der Waals surface area contributed by atoms with Gasteiger partial charge in [-0.3, -0.25) is 4.79 Å². The van der Waals surface area contributed by atoms with Gasteiger partial charge in [-0.15, -0.1) is 0 Å². The van der Waals surface area contributed by atoms with Crippen molar-refractivity contribution in [3.8, 4) is 0 Å². The molecule has 5 rings (SSSR count). The molecule has 0 N–H and O–H groups in total. The Bertz CT molecular complexity index is 1280. The van der Waals surface area contributed by atoms with Crippen LogP contribution >= 0.6 is 23.2 Å². The van der Waals surface area contributed by atoms with Gasteiger partial charge in [0.05, 0.1) is 35.5 Å². The number of oxime groups is 1. The van der Waals surface area contributed by atoms with Crippen LogP contribution in [0.5, 0.6) is 0 Å². The molecule has 0 saturated carbocycles. The largest absolute Gasteiger partial charge is 0.387 e. The third-order valence-corrected chi connectivity index (χ3v) is 7.43. The summed E-state index contributed by atoms with van der Waals surface area (Å²) in [4.78, 5) is 19.2. The number of carbonyl (C=O) groups excluding carboxylic acids is 1. The van der Waals surface area contributed by atoms with Gasteiger partial charge in [0.15, 0.2) is 21.8 Å². The summed E-state index contributed by atoms with van der Waals surface area (Å²) < 4.78 is 42.5. The Morgan fingerprint density at radius 1 is 1.24 bits per heavy atom. The molecule has 1 fully saturated rings. The molecular weight excluding hydrogens is 494 g/mol. The first-order valence-electron chi connectivity index (χ1n) is 10.1. The number of sulfone groups is 1. The highest BCUT2D eigenvalue weighted by Crippen LogP contribution is 2.44. The zero-order valence-electron chi connectivity index (χ0n) is 17.5. The van der Waals surface area contributed by atoms with Gasteiger partial charge in [0.25, 0.3) is 0 Å². The highest BCUT2D eigenvalue weighted by atomic mass is 35.5. The number of hydrogen-bond acceptors (Lipinski definition) is 6. The summed E-state index contributed by atoms with van der Waals surface area (Å²) in [6.45, 7) is 1.04. The fourth-order valence-electron chi connectivity index (χ4n) is 4.44. The van der Waals surface area contributed by atoms with Crippen molar-refractivity contribution in [3.05, 3.63) is 68.4 Å². The number of carbonyl (C=O) groups is 1. The first kappa shape index (κ1) is 22.6. The van der Waals surface area contributed by atoms with Crippen LogP contribution < -0.4 is 0 Å². The van der Waals surface area contributed by atoms with Crippen LogP contribution in [0.4, 0.5) is 4.39 Å². The number of likely N-dealkylation sites (tertiary alicyclic amines) is 1. The van der Waals surface area contributed by atoms with Gasteiger partial charge in [-0.2, -0.15) is 0 Å². The SMILES string of the molecule is CS(=O)(=O)CC(=O)N1CC2(C1)OCc1cc(C3=NOC(c4cc(Cl)c(F)c(Cl)c4)C3)ccc12. The number of benzene rings is 2. The second kappa shape index (κ2) is 7.94. The Balaban J connectivity index is 1.29. The van der Waals surface area contributed by atoms with Crippen LogP contribution in [0.15, 0.2) is 35.5 Å². The summed E-state index contributed by atoms with van der Waals surface area (Å²) in [5.74, 6) is -1.58. The van der Waals surface area contributed by atoms with Crippen LogP contribution in [0.3, 0.4) is 0 Å². The standard InChI is InChI=1S/C22H19Cl2FN2O5S/c1-33(29,30)9-20(28)27-10-22(11-27)15-3-2-12(4-14(15)8-31-22)18-7-19(32-26-18)13-5-16(23)21(25)17(24)6-13/h2-6,19H,7-11H2,1H3. The second-order valence-corrected chi connectivity index (χ2v) is 11.6. The average Bonchev–Trinajstić information content (AvgIpc) is 3.34. The monoisotopic (exact) mass is 512 g/mol. The van der Waals surface area contributed by atoms with Crippen LogP contribution in [0, 0.1) is 5.82 Å². The molecular formula is C22H19Cl2FN2O5S. The van der Waals surface area contributed by atoms with E-state index in [1.54, 1.807) is 0 Å². The van der Waals surface area contributed by atoms with Gasteiger partial charge in [0.1, 0.15) is 11.4 Å². The predicted molar refractivity (Wildman–Crippen MR) is 121 cm³/mol. The molecule has 3 heterocycles. The van der Waals surface area contributed by atoms with Gasteiger partial charge < -0.3 is 14.5 Å². The predicted octanol–water partition coefficient (Wildman–Crippen LogP) is 3.61. The maximum atomic E-state index is 13.7. The smallest absolute Gasteiger partial charge is 0.237 e. The third kappa shape index (κ3) is 4.12. The third-order valence-electron chi connectivity index (χ3n) is 6.11. The Labute approximate surface area is 200 Å². The lowest BCUT2D eigenvalue weighted by atomic mass is 9.84. The fourth-order valence-corrected chi connectivity index (χ4v) is 5.58. The summed E-state index contributed by atoms with van der Waals surface area (Å²) in [5.41, 5.74) is 3.63. The Hall–Kier alpha value is -2.20. The number of nitrogens with zero attached hydrogens (tertiary/aromatic N) is 2. The lowest BCUT2D eigenvalue weighted by Crippen LogP contribution is -2.62.